The van der Waals surface area contributed by atoms with Gasteiger partial charge >= 0.3 is 5.97 Å². The van der Waals surface area contributed by atoms with E-state index < -0.39 is 18.5 Å². The number of hydrogen-bond acceptors (Lipinski definition) is 5. The maximum Gasteiger partial charge on any atom is 0.338 e. The first-order valence-corrected chi connectivity index (χ1v) is 10.7. The number of rotatable bonds is 8. The molecule has 2 amide bonds. The van der Waals surface area contributed by atoms with E-state index in [0.29, 0.717) is 35.7 Å². The van der Waals surface area contributed by atoms with E-state index in [-0.39, 0.29) is 5.91 Å². The molecule has 0 spiro atoms. The maximum absolute atomic E-state index is 12.3. The van der Waals surface area contributed by atoms with Crippen molar-refractivity contribution in [2.45, 2.75) is 19.4 Å². The van der Waals surface area contributed by atoms with E-state index in [1.165, 1.54) is 0 Å². The zero-order valence-electron chi connectivity index (χ0n) is 18.0. The third kappa shape index (κ3) is 5.98. The zero-order chi connectivity index (χ0) is 23.0. The van der Waals surface area contributed by atoms with Crippen LogP contribution in [-0.2, 0) is 20.9 Å². The lowest BCUT2D eigenvalue weighted by Gasteiger charge is -2.15. The van der Waals surface area contributed by atoms with Gasteiger partial charge in [0.25, 0.3) is 5.91 Å². The molecule has 0 aromatic heterocycles. The molecule has 1 fully saturated rings. The van der Waals surface area contributed by atoms with Crippen molar-refractivity contribution in [1.82, 2.24) is 4.90 Å². The number of esters is 1. The van der Waals surface area contributed by atoms with E-state index in [1.807, 2.05) is 30.3 Å². The fourth-order valence-corrected chi connectivity index (χ4v) is 3.51. The Kier molecular flexibility index (Phi) is 6.99. The van der Waals surface area contributed by atoms with Crippen LogP contribution in [0.15, 0.2) is 78.9 Å². The summed E-state index contributed by atoms with van der Waals surface area (Å²) in [4.78, 5) is 38.2. The van der Waals surface area contributed by atoms with Crippen LogP contribution in [0, 0.1) is 0 Å². The molecule has 7 heteroatoms. The van der Waals surface area contributed by atoms with Gasteiger partial charge in [0.15, 0.2) is 12.4 Å². The summed E-state index contributed by atoms with van der Waals surface area (Å²) in [7, 11) is 0. The highest BCUT2D eigenvalue weighted by atomic mass is 16.5. The van der Waals surface area contributed by atoms with Crippen LogP contribution in [0.25, 0.3) is 0 Å². The second kappa shape index (κ2) is 10.5. The minimum atomic E-state index is -0.595. The molecule has 0 radical (unpaired) electrons. The van der Waals surface area contributed by atoms with Gasteiger partial charge in [0.1, 0.15) is 5.75 Å². The monoisotopic (exact) mass is 444 g/mol. The number of ether oxygens (including phenoxy) is 2. The molecule has 1 aliphatic heterocycles. The van der Waals surface area contributed by atoms with Crippen molar-refractivity contribution in [2.75, 3.05) is 18.5 Å². The Labute approximate surface area is 191 Å². The third-order valence-corrected chi connectivity index (χ3v) is 5.20. The van der Waals surface area contributed by atoms with Crippen LogP contribution in [-0.4, -0.2) is 35.8 Å². The molecular weight excluding hydrogens is 420 g/mol. The summed E-state index contributed by atoms with van der Waals surface area (Å²) in [5.74, 6) is 0.207. The lowest BCUT2D eigenvalue weighted by atomic mass is 10.1. The van der Waals surface area contributed by atoms with Crippen molar-refractivity contribution in [3.63, 3.8) is 0 Å². The first kappa shape index (κ1) is 22.1. The second-order valence-electron chi connectivity index (χ2n) is 7.65. The summed E-state index contributed by atoms with van der Waals surface area (Å²) >= 11 is 0. The van der Waals surface area contributed by atoms with Gasteiger partial charge in [0.05, 0.1) is 11.3 Å². The van der Waals surface area contributed by atoms with Crippen LogP contribution < -0.4 is 10.1 Å². The SMILES string of the molecule is O=C(COC(=O)c1ccc(CN2CCCC2=O)cc1)Nc1ccccc1Oc1ccccc1. The average Bonchev–Trinajstić information content (AvgIpc) is 3.24. The largest absolute Gasteiger partial charge is 0.455 e. The number of carbonyl (C=O) groups is 3. The summed E-state index contributed by atoms with van der Waals surface area (Å²) in [5.41, 5.74) is 1.75. The molecule has 1 heterocycles. The number of para-hydroxylation sites is 3. The fraction of sp³-hybridized carbons (Fsp3) is 0.192. The second-order valence-corrected chi connectivity index (χ2v) is 7.65. The van der Waals surface area contributed by atoms with Gasteiger partial charge in [0.2, 0.25) is 5.91 Å². The van der Waals surface area contributed by atoms with Crippen LogP contribution in [0.2, 0.25) is 0 Å². The Bertz CT molecular complexity index is 1130. The van der Waals surface area contributed by atoms with Crippen molar-refractivity contribution in [3.05, 3.63) is 90.0 Å². The molecule has 1 aliphatic rings. The Morgan fingerprint density at radius 3 is 2.36 bits per heavy atom. The van der Waals surface area contributed by atoms with Gasteiger partial charge in [-0.05, 0) is 48.4 Å². The lowest BCUT2D eigenvalue weighted by molar-refractivity contribution is -0.128. The predicted molar refractivity (Wildman–Crippen MR) is 123 cm³/mol. The summed E-state index contributed by atoms with van der Waals surface area (Å²) < 4.78 is 11.0. The summed E-state index contributed by atoms with van der Waals surface area (Å²) in [5, 5.41) is 2.71. The van der Waals surface area contributed by atoms with Gasteiger partial charge in [-0.2, -0.15) is 0 Å². The number of benzene rings is 3. The minimum Gasteiger partial charge on any atom is -0.455 e. The number of nitrogens with one attached hydrogen (secondary N) is 1. The maximum atomic E-state index is 12.3. The van der Waals surface area contributed by atoms with Gasteiger partial charge in [0, 0.05) is 19.5 Å². The molecule has 0 atom stereocenters. The lowest BCUT2D eigenvalue weighted by Crippen LogP contribution is -2.23. The van der Waals surface area contributed by atoms with Crippen LogP contribution in [0.1, 0.15) is 28.8 Å². The highest BCUT2D eigenvalue weighted by Crippen LogP contribution is 2.29. The highest BCUT2D eigenvalue weighted by molar-refractivity contribution is 5.96. The molecule has 4 rings (SSSR count). The number of hydrogen-bond donors (Lipinski definition) is 1. The van der Waals surface area contributed by atoms with Crippen molar-refractivity contribution in [2.24, 2.45) is 0 Å². The van der Waals surface area contributed by atoms with Gasteiger partial charge in [-0.1, -0.05) is 42.5 Å². The molecule has 1 saturated heterocycles. The Morgan fingerprint density at radius 2 is 1.64 bits per heavy atom. The number of nitrogens with zero attached hydrogens (tertiary/aromatic N) is 1. The molecule has 168 valence electrons. The fourth-order valence-electron chi connectivity index (χ4n) is 3.51. The van der Waals surface area contributed by atoms with Crippen LogP contribution in [0.4, 0.5) is 5.69 Å². The van der Waals surface area contributed by atoms with E-state index in [0.717, 1.165) is 18.5 Å². The molecule has 3 aromatic rings. The van der Waals surface area contributed by atoms with Crippen LogP contribution >= 0.6 is 0 Å². The summed E-state index contributed by atoms with van der Waals surface area (Å²) in [6.45, 7) is 0.862. The molecule has 0 aliphatic carbocycles. The van der Waals surface area contributed by atoms with E-state index in [1.54, 1.807) is 53.4 Å². The molecule has 33 heavy (non-hydrogen) atoms. The minimum absolute atomic E-state index is 0.153. The number of anilines is 1. The van der Waals surface area contributed by atoms with Crippen molar-refractivity contribution in [1.29, 1.82) is 0 Å². The summed E-state index contributed by atoms with van der Waals surface area (Å²) in [6.07, 6.45) is 1.48. The molecule has 0 saturated carbocycles. The standard InChI is InChI=1S/C26H24N2O5/c29-24(27-22-9-4-5-10-23(22)33-21-7-2-1-3-8-21)18-32-26(31)20-14-12-19(13-15-20)17-28-16-6-11-25(28)30/h1-5,7-10,12-15H,6,11,16-18H2,(H,27,29). The van der Waals surface area contributed by atoms with Gasteiger partial charge < -0.3 is 19.7 Å². The topological polar surface area (TPSA) is 84.9 Å². The first-order chi connectivity index (χ1) is 16.1. The molecular formula is C26H24N2O5. The highest BCUT2D eigenvalue weighted by Gasteiger charge is 2.20. The van der Waals surface area contributed by atoms with Gasteiger partial charge in [-0.15, -0.1) is 0 Å². The third-order valence-electron chi connectivity index (χ3n) is 5.20. The van der Waals surface area contributed by atoms with E-state index >= 15 is 0 Å². The van der Waals surface area contributed by atoms with Crippen molar-refractivity contribution < 1.29 is 23.9 Å². The van der Waals surface area contributed by atoms with Gasteiger partial charge in [-0.25, -0.2) is 4.79 Å². The normalized spacial score (nSPS) is 13.0. The smallest absolute Gasteiger partial charge is 0.338 e. The Balaban J connectivity index is 1.29. The molecule has 0 bridgehead atoms. The number of amides is 2. The zero-order valence-corrected chi connectivity index (χ0v) is 18.0. The quantitative estimate of drug-likeness (QED) is 0.521. The number of likely N-dealkylation sites (tertiary alicyclic amines) is 1. The molecule has 7 nitrogen and oxygen atoms in total. The Morgan fingerprint density at radius 1 is 0.909 bits per heavy atom. The Hall–Kier alpha value is -4.13. The summed E-state index contributed by atoms with van der Waals surface area (Å²) in [6, 6.07) is 23.1. The van der Waals surface area contributed by atoms with Crippen molar-refractivity contribution in [3.8, 4) is 11.5 Å². The first-order valence-electron chi connectivity index (χ1n) is 10.7. The van der Waals surface area contributed by atoms with Crippen molar-refractivity contribution >= 4 is 23.5 Å². The molecule has 0 unspecified atom stereocenters. The van der Waals surface area contributed by atoms with Crippen LogP contribution in [0.3, 0.4) is 0 Å². The average molecular weight is 444 g/mol. The molecule has 1 N–H and O–H groups in total. The van der Waals surface area contributed by atoms with E-state index in [2.05, 4.69) is 5.32 Å². The van der Waals surface area contributed by atoms with Crippen LogP contribution in [0.5, 0.6) is 11.5 Å². The molecule has 3 aromatic carbocycles. The number of carbonyl (C=O) groups excluding carboxylic acids is 3. The van der Waals surface area contributed by atoms with Gasteiger partial charge in [-0.3, -0.25) is 9.59 Å². The van der Waals surface area contributed by atoms with E-state index in [4.69, 9.17) is 9.47 Å². The van der Waals surface area contributed by atoms with E-state index in [9.17, 15) is 14.4 Å². The predicted octanol–water partition coefficient (Wildman–Crippen LogP) is 4.40.